The predicted molar refractivity (Wildman–Crippen MR) is 78.5 cm³/mol. The van der Waals surface area contributed by atoms with Crippen LogP contribution in [0.15, 0.2) is 18.2 Å². The van der Waals surface area contributed by atoms with E-state index in [1.807, 2.05) is 20.8 Å². The van der Waals surface area contributed by atoms with E-state index < -0.39 is 11.6 Å². The molecule has 0 fully saturated rings. The minimum absolute atomic E-state index is 0.310. The average Bonchev–Trinajstić information content (AvgIpc) is 2.37. The fourth-order valence-electron chi connectivity index (χ4n) is 1.60. The van der Waals surface area contributed by atoms with Crippen LogP contribution < -0.4 is 14.8 Å². The summed E-state index contributed by atoms with van der Waals surface area (Å²) < 4.78 is 15.7. The van der Waals surface area contributed by atoms with Crippen molar-refractivity contribution in [3.63, 3.8) is 0 Å². The molecule has 0 aliphatic rings. The Morgan fingerprint density at radius 1 is 1.20 bits per heavy atom. The molecule has 0 aliphatic heterocycles. The standard InChI is InChI=1S/C15H23NO4/c1-10(14(17)20-15(2,3)4)16-12-8-7-11(18-5)9-13(12)19-6/h7-10,16H,1-6H3. The van der Waals surface area contributed by atoms with E-state index in [0.717, 1.165) is 0 Å². The van der Waals surface area contributed by atoms with Crippen molar-refractivity contribution in [3.8, 4) is 11.5 Å². The molecule has 0 heterocycles. The Balaban J connectivity index is 2.80. The van der Waals surface area contributed by atoms with Crippen molar-refractivity contribution in [2.75, 3.05) is 19.5 Å². The molecule has 1 aromatic carbocycles. The lowest BCUT2D eigenvalue weighted by Crippen LogP contribution is -2.34. The molecule has 0 radical (unpaired) electrons. The lowest BCUT2D eigenvalue weighted by atomic mass is 10.2. The molecule has 1 unspecified atom stereocenters. The fraction of sp³-hybridized carbons (Fsp3) is 0.533. The summed E-state index contributed by atoms with van der Waals surface area (Å²) in [5.41, 5.74) is 0.212. The van der Waals surface area contributed by atoms with Gasteiger partial charge in [-0.1, -0.05) is 0 Å². The van der Waals surface area contributed by atoms with Gasteiger partial charge < -0.3 is 19.5 Å². The largest absolute Gasteiger partial charge is 0.497 e. The van der Waals surface area contributed by atoms with E-state index in [9.17, 15) is 4.79 Å². The zero-order valence-electron chi connectivity index (χ0n) is 12.9. The summed E-state index contributed by atoms with van der Waals surface area (Å²) in [7, 11) is 3.16. The third-order valence-corrected chi connectivity index (χ3v) is 2.54. The summed E-state index contributed by atoms with van der Waals surface area (Å²) in [6.45, 7) is 7.26. The first-order valence-electron chi connectivity index (χ1n) is 6.48. The number of carbonyl (C=O) groups excluding carboxylic acids is 1. The second-order valence-electron chi connectivity index (χ2n) is 5.47. The number of esters is 1. The van der Waals surface area contributed by atoms with Gasteiger partial charge in [-0.05, 0) is 39.8 Å². The maximum Gasteiger partial charge on any atom is 0.328 e. The van der Waals surface area contributed by atoms with Crippen LogP contribution in [0.4, 0.5) is 5.69 Å². The van der Waals surface area contributed by atoms with Gasteiger partial charge in [-0.25, -0.2) is 4.79 Å². The van der Waals surface area contributed by atoms with Crippen molar-refractivity contribution < 1.29 is 19.0 Å². The molecule has 0 amide bonds. The van der Waals surface area contributed by atoms with Crippen LogP contribution in [-0.2, 0) is 9.53 Å². The van der Waals surface area contributed by atoms with Crippen molar-refractivity contribution in [2.45, 2.75) is 39.3 Å². The molecule has 0 aliphatic carbocycles. The SMILES string of the molecule is COc1ccc(NC(C)C(=O)OC(C)(C)C)c(OC)c1. The number of hydrogen-bond acceptors (Lipinski definition) is 5. The molecule has 112 valence electrons. The minimum Gasteiger partial charge on any atom is -0.497 e. The number of anilines is 1. The van der Waals surface area contributed by atoms with Gasteiger partial charge in [-0.3, -0.25) is 0 Å². The highest BCUT2D eigenvalue weighted by atomic mass is 16.6. The topological polar surface area (TPSA) is 56.8 Å². The van der Waals surface area contributed by atoms with Crippen LogP contribution >= 0.6 is 0 Å². The van der Waals surface area contributed by atoms with E-state index in [0.29, 0.717) is 17.2 Å². The van der Waals surface area contributed by atoms with E-state index in [4.69, 9.17) is 14.2 Å². The minimum atomic E-state index is -0.503. The van der Waals surface area contributed by atoms with Gasteiger partial charge in [0.2, 0.25) is 0 Å². The monoisotopic (exact) mass is 281 g/mol. The quantitative estimate of drug-likeness (QED) is 0.841. The number of ether oxygens (including phenoxy) is 3. The molecule has 0 saturated heterocycles. The van der Waals surface area contributed by atoms with Crippen molar-refractivity contribution in [1.82, 2.24) is 0 Å². The maximum absolute atomic E-state index is 11.9. The maximum atomic E-state index is 11.9. The van der Waals surface area contributed by atoms with Gasteiger partial charge in [0.15, 0.2) is 0 Å². The van der Waals surface area contributed by atoms with Gasteiger partial charge in [0.1, 0.15) is 23.1 Å². The van der Waals surface area contributed by atoms with Gasteiger partial charge in [-0.15, -0.1) is 0 Å². The van der Waals surface area contributed by atoms with Gasteiger partial charge in [0.05, 0.1) is 19.9 Å². The Morgan fingerprint density at radius 2 is 1.85 bits per heavy atom. The van der Waals surface area contributed by atoms with Gasteiger partial charge >= 0.3 is 5.97 Å². The third kappa shape index (κ3) is 4.64. The second-order valence-corrected chi connectivity index (χ2v) is 5.47. The Morgan fingerprint density at radius 3 is 2.35 bits per heavy atom. The fourth-order valence-corrected chi connectivity index (χ4v) is 1.60. The summed E-state index contributed by atoms with van der Waals surface area (Å²) in [5, 5.41) is 3.08. The number of rotatable bonds is 5. The van der Waals surface area contributed by atoms with Crippen molar-refractivity contribution >= 4 is 11.7 Å². The van der Waals surface area contributed by atoms with Crippen LogP contribution in [0.2, 0.25) is 0 Å². The number of nitrogens with one attached hydrogen (secondary N) is 1. The lowest BCUT2D eigenvalue weighted by Gasteiger charge is -2.23. The number of hydrogen-bond donors (Lipinski definition) is 1. The Bertz CT molecular complexity index is 465. The highest BCUT2D eigenvalue weighted by Gasteiger charge is 2.22. The van der Waals surface area contributed by atoms with E-state index in [2.05, 4.69) is 5.32 Å². The smallest absolute Gasteiger partial charge is 0.328 e. The molecular weight excluding hydrogens is 258 g/mol. The van der Waals surface area contributed by atoms with E-state index in [1.54, 1.807) is 39.3 Å². The predicted octanol–water partition coefficient (Wildman–Crippen LogP) is 2.85. The Hall–Kier alpha value is -1.91. The molecule has 1 rings (SSSR count). The molecule has 1 aromatic rings. The van der Waals surface area contributed by atoms with Crippen LogP contribution in [0.5, 0.6) is 11.5 Å². The molecule has 0 spiro atoms. The summed E-state index contributed by atoms with van der Waals surface area (Å²) >= 11 is 0. The van der Waals surface area contributed by atoms with Crippen LogP contribution in [0, 0.1) is 0 Å². The molecule has 5 nitrogen and oxygen atoms in total. The molecule has 20 heavy (non-hydrogen) atoms. The van der Waals surface area contributed by atoms with Gasteiger partial charge in [0, 0.05) is 6.07 Å². The van der Waals surface area contributed by atoms with E-state index >= 15 is 0 Å². The first-order valence-corrected chi connectivity index (χ1v) is 6.48. The third-order valence-electron chi connectivity index (χ3n) is 2.54. The first-order chi connectivity index (χ1) is 9.26. The molecule has 0 bridgehead atoms. The molecule has 1 atom stereocenters. The summed E-state index contributed by atoms with van der Waals surface area (Å²) in [6.07, 6.45) is 0. The molecular formula is C15H23NO4. The average molecular weight is 281 g/mol. The molecule has 0 saturated carbocycles. The Labute approximate surface area is 120 Å². The summed E-state index contributed by atoms with van der Waals surface area (Å²) in [5.74, 6) is 0.993. The van der Waals surface area contributed by atoms with Crippen molar-refractivity contribution in [3.05, 3.63) is 18.2 Å². The van der Waals surface area contributed by atoms with Crippen LogP contribution in [0.1, 0.15) is 27.7 Å². The number of carbonyl (C=O) groups is 1. The van der Waals surface area contributed by atoms with Crippen molar-refractivity contribution in [1.29, 1.82) is 0 Å². The highest BCUT2D eigenvalue weighted by molar-refractivity contribution is 5.80. The Kier molecular flexibility index (Phi) is 5.25. The number of methoxy groups -OCH3 is 2. The molecule has 5 heteroatoms. The zero-order valence-corrected chi connectivity index (χ0v) is 12.9. The number of benzene rings is 1. The van der Waals surface area contributed by atoms with E-state index in [-0.39, 0.29) is 5.97 Å². The van der Waals surface area contributed by atoms with Crippen LogP contribution in [0.3, 0.4) is 0 Å². The normalized spacial score (nSPS) is 12.5. The van der Waals surface area contributed by atoms with E-state index in [1.165, 1.54) is 0 Å². The molecule has 1 N–H and O–H groups in total. The zero-order chi connectivity index (χ0) is 15.3. The van der Waals surface area contributed by atoms with Crippen molar-refractivity contribution in [2.24, 2.45) is 0 Å². The van der Waals surface area contributed by atoms with Crippen LogP contribution in [0.25, 0.3) is 0 Å². The lowest BCUT2D eigenvalue weighted by molar-refractivity contribution is -0.155. The second kappa shape index (κ2) is 6.50. The van der Waals surface area contributed by atoms with Gasteiger partial charge in [0.25, 0.3) is 0 Å². The summed E-state index contributed by atoms with van der Waals surface area (Å²) in [4.78, 5) is 11.9. The van der Waals surface area contributed by atoms with Crippen LogP contribution in [-0.4, -0.2) is 31.8 Å². The summed E-state index contributed by atoms with van der Waals surface area (Å²) in [6, 6.07) is 4.88. The highest BCUT2D eigenvalue weighted by Crippen LogP contribution is 2.29. The molecule has 0 aromatic heterocycles. The first kappa shape index (κ1) is 16.1. The van der Waals surface area contributed by atoms with Gasteiger partial charge in [-0.2, -0.15) is 0 Å².